The van der Waals surface area contributed by atoms with E-state index in [0.29, 0.717) is 12.2 Å². The zero-order chi connectivity index (χ0) is 13.3. The third-order valence-corrected chi connectivity index (χ3v) is 3.87. The molecule has 0 amide bonds. The van der Waals surface area contributed by atoms with E-state index in [4.69, 9.17) is 4.74 Å². The zero-order valence-corrected chi connectivity index (χ0v) is 12.1. The lowest BCUT2D eigenvalue weighted by Crippen LogP contribution is -2.26. The molecule has 19 heavy (non-hydrogen) atoms. The van der Waals surface area contributed by atoms with Crippen LogP contribution in [0, 0.1) is 0 Å². The molecular formula is C17H27NO. The van der Waals surface area contributed by atoms with E-state index in [-0.39, 0.29) is 0 Å². The molecule has 2 atom stereocenters. The van der Waals surface area contributed by atoms with Crippen LogP contribution in [0.2, 0.25) is 0 Å². The quantitative estimate of drug-likeness (QED) is 0.717. The molecule has 1 aromatic rings. The average Bonchev–Trinajstić information content (AvgIpc) is 2.88. The normalized spacial score (nSPS) is 22.8. The van der Waals surface area contributed by atoms with Crippen LogP contribution in [0.4, 0.5) is 0 Å². The van der Waals surface area contributed by atoms with Gasteiger partial charge in [0.25, 0.3) is 0 Å². The van der Waals surface area contributed by atoms with Gasteiger partial charge in [0.1, 0.15) is 0 Å². The number of hydrogen-bond donors (Lipinski definition) is 1. The first kappa shape index (κ1) is 14.5. The summed E-state index contributed by atoms with van der Waals surface area (Å²) in [6.07, 6.45) is 8.64. The van der Waals surface area contributed by atoms with Gasteiger partial charge in [-0.25, -0.2) is 0 Å². The molecule has 1 aliphatic rings. The minimum atomic E-state index is 0.426. The molecule has 2 heteroatoms. The van der Waals surface area contributed by atoms with Crippen molar-refractivity contribution in [1.29, 1.82) is 0 Å². The zero-order valence-electron chi connectivity index (χ0n) is 12.1. The van der Waals surface area contributed by atoms with Crippen molar-refractivity contribution in [3.8, 4) is 0 Å². The van der Waals surface area contributed by atoms with Crippen LogP contribution in [-0.2, 0) is 11.3 Å². The predicted molar refractivity (Wildman–Crippen MR) is 80.2 cm³/mol. The maximum absolute atomic E-state index is 6.08. The van der Waals surface area contributed by atoms with Gasteiger partial charge in [-0.05, 0) is 24.8 Å². The lowest BCUT2D eigenvalue weighted by molar-refractivity contribution is 0.0394. The van der Waals surface area contributed by atoms with E-state index in [1.165, 1.54) is 44.1 Å². The van der Waals surface area contributed by atoms with Crippen molar-refractivity contribution in [2.45, 2.75) is 64.2 Å². The summed E-state index contributed by atoms with van der Waals surface area (Å²) in [5.41, 5.74) is 1.35. The summed E-state index contributed by atoms with van der Waals surface area (Å²) in [6, 6.07) is 10.6. The van der Waals surface area contributed by atoms with Crippen molar-refractivity contribution in [3.63, 3.8) is 0 Å². The molecule has 1 aromatic carbocycles. The molecular weight excluding hydrogens is 234 g/mol. The molecule has 1 aliphatic heterocycles. The topological polar surface area (TPSA) is 21.3 Å². The highest BCUT2D eigenvalue weighted by atomic mass is 16.5. The summed E-state index contributed by atoms with van der Waals surface area (Å²) in [5, 5.41) is 3.51. The van der Waals surface area contributed by atoms with Crippen molar-refractivity contribution in [1.82, 2.24) is 5.32 Å². The molecule has 1 saturated heterocycles. The fraction of sp³-hybridized carbons (Fsp3) is 0.647. The molecule has 0 radical (unpaired) electrons. The second kappa shape index (κ2) is 8.34. The van der Waals surface area contributed by atoms with Gasteiger partial charge in [0.15, 0.2) is 0 Å². The van der Waals surface area contributed by atoms with Crippen molar-refractivity contribution >= 4 is 0 Å². The number of benzene rings is 1. The van der Waals surface area contributed by atoms with Gasteiger partial charge in [0, 0.05) is 13.1 Å². The highest BCUT2D eigenvalue weighted by Gasteiger charge is 2.24. The van der Waals surface area contributed by atoms with Gasteiger partial charge in [0.05, 0.1) is 12.2 Å². The van der Waals surface area contributed by atoms with Crippen molar-refractivity contribution < 1.29 is 4.74 Å². The second-order valence-corrected chi connectivity index (χ2v) is 5.57. The third-order valence-electron chi connectivity index (χ3n) is 3.87. The van der Waals surface area contributed by atoms with E-state index in [1.54, 1.807) is 0 Å². The van der Waals surface area contributed by atoms with Gasteiger partial charge in [-0.3, -0.25) is 0 Å². The minimum absolute atomic E-state index is 0.426. The first-order chi connectivity index (χ1) is 9.38. The van der Waals surface area contributed by atoms with Gasteiger partial charge < -0.3 is 10.1 Å². The predicted octanol–water partition coefficient (Wildman–Crippen LogP) is 3.90. The van der Waals surface area contributed by atoms with Gasteiger partial charge in [-0.15, -0.1) is 0 Å². The molecule has 0 spiro atoms. The Hall–Kier alpha value is -0.860. The maximum atomic E-state index is 6.08. The molecule has 0 saturated carbocycles. The number of unbranched alkanes of at least 4 members (excludes halogenated alkanes) is 2. The van der Waals surface area contributed by atoms with E-state index in [1.807, 2.05) is 0 Å². The molecule has 0 aromatic heterocycles. The lowest BCUT2D eigenvalue weighted by atomic mass is 10.1. The Bertz CT molecular complexity index is 338. The minimum Gasteiger partial charge on any atom is -0.374 e. The molecule has 106 valence electrons. The van der Waals surface area contributed by atoms with Gasteiger partial charge >= 0.3 is 0 Å². The third kappa shape index (κ3) is 5.33. The Morgan fingerprint density at radius 2 is 1.89 bits per heavy atom. The SMILES string of the molecule is CCCCCC1CCC(CNCc2ccccc2)O1. The second-order valence-electron chi connectivity index (χ2n) is 5.57. The van der Waals surface area contributed by atoms with Crippen LogP contribution in [0.1, 0.15) is 51.0 Å². The van der Waals surface area contributed by atoms with Crippen LogP contribution >= 0.6 is 0 Å². The Labute approximate surface area is 117 Å². The first-order valence-electron chi connectivity index (χ1n) is 7.78. The van der Waals surface area contributed by atoms with Gasteiger partial charge in [-0.1, -0.05) is 56.5 Å². The van der Waals surface area contributed by atoms with Crippen LogP contribution in [0.25, 0.3) is 0 Å². The molecule has 1 heterocycles. The van der Waals surface area contributed by atoms with E-state index in [0.717, 1.165) is 13.1 Å². The van der Waals surface area contributed by atoms with Crippen LogP contribution in [0.3, 0.4) is 0 Å². The average molecular weight is 261 g/mol. The van der Waals surface area contributed by atoms with Crippen molar-refractivity contribution in [2.24, 2.45) is 0 Å². The monoisotopic (exact) mass is 261 g/mol. The smallest absolute Gasteiger partial charge is 0.0704 e. The number of hydrogen-bond acceptors (Lipinski definition) is 2. The fourth-order valence-electron chi connectivity index (χ4n) is 2.74. The van der Waals surface area contributed by atoms with E-state index in [9.17, 15) is 0 Å². The van der Waals surface area contributed by atoms with Crippen LogP contribution < -0.4 is 5.32 Å². The lowest BCUT2D eigenvalue weighted by Gasteiger charge is -2.14. The summed E-state index contributed by atoms with van der Waals surface area (Å²) in [7, 11) is 0. The number of rotatable bonds is 8. The number of ether oxygens (including phenoxy) is 1. The highest BCUT2D eigenvalue weighted by molar-refractivity contribution is 5.14. The maximum Gasteiger partial charge on any atom is 0.0704 e. The van der Waals surface area contributed by atoms with Crippen LogP contribution in [-0.4, -0.2) is 18.8 Å². The van der Waals surface area contributed by atoms with Crippen molar-refractivity contribution in [2.75, 3.05) is 6.54 Å². The molecule has 0 bridgehead atoms. The highest BCUT2D eigenvalue weighted by Crippen LogP contribution is 2.23. The molecule has 1 N–H and O–H groups in total. The Kier molecular flexibility index (Phi) is 6.38. The summed E-state index contributed by atoms with van der Waals surface area (Å²) in [4.78, 5) is 0. The Morgan fingerprint density at radius 3 is 2.68 bits per heavy atom. The summed E-state index contributed by atoms with van der Waals surface area (Å²) < 4.78 is 6.08. The summed E-state index contributed by atoms with van der Waals surface area (Å²) >= 11 is 0. The van der Waals surface area contributed by atoms with Gasteiger partial charge in [0.2, 0.25) is 0 Å². The Balaban J connectivity index is 1.57. The van der Waals surface area contributed by atoms with Gasteiger partial charge in [-0.2, -0.15) is 0 Å². The van der Waals surface area contributed by atoms with Crippen LogP contribution in [0.5, 0.6) is 0 Å². The van der Waals surface area contributed by atoms with E-state index >= 15 is 0 Å². The summed E-state index contributed by atoms with van der Waals surface area (Å²) in [6.45, 7) is 4.19. The summed E-state index contributed by atoms with van der Waals surface area (Å²) in [5.74, 6) is 0. The molecule has 1 fully saturated rings. The number of nitrogens with one attached hydrogen (secondary N) is 1. The Morgan fingerprint density at radius 1 is 1.11 bits per heavy atom. The molecule has 2 rings (SSSR count). The van der Waals surface area contributed by atoms with E-state index in [2.05, 4.69) is 42.6 Å². The fourth-order valence-corrected chi connectivity index (χ4v) is 2.74. The van der Waals surface area contributed by atoms with Crippen LogP contribution in [0.15, 0.2) is 30.3 Å². The molecule has 2 unspecified atom stereocenters. The largest absolute Gasteiger partial charge is 0.374 e. The van der Waals surface area contributed by atoms with E-state index < -0.39 is 0 Å². The standard InChI is InChI=1S/C17H27NO/c1-2-3-5-10-16-11-12-17(19-16)14-18-13-15-8-6-4-7-9-15/h4,6-9,16-18H,2-3,5,10-14H2,1H3. The molecule has 2 nitrogen and oxygen atoms in total. The first-order valence-corrected chi connectivity index (χ1v) is 7.78. The molecule has 0 aliphatic carbocycles. The van der Waals surface area contributed by atoms with Crippen molar-refractivity contribution in [3.05, 3.63) is 35.9 Å².